The molecule has 0 spiro atoms. The number of ether oxygens (including phenoxy) is 1. The van der Waals surface area contributed by atoms with Crippen LogP contribution in [-0.4, -0.2) is 37.9 Å². The summed E-state index contributed by atoms with van der Waals surface area (Å²) in [5, 5.41) is 6.21. The maximum Gasteiger partial charge on any atom is 0.257 e. The molecule has 7 nitrogen and oxygen atoms in total. The molecule has 1 unspecified atom stereocenters. The molecule has 1 aliphatic rings. The minimum absolute atomic E-state index is 0.0531. The molecule has 1 aromatic rings. The summed E-state index contributed by atoms with van der Waals surface area (Å²) in [5.74, 6) is 0. The number of rotatable bonds is 6. The lowest BCUT2D eigenvalue weighted by Crippen LogP contribution is -2.28. The van der Waals surface area contributed by atoms with Crippen molar-refractivity contribution in [2.24, 2.45) is 5.73 Å². The molecule has 1 atom stereocenters. The van der Waals surface area contributed by atoms with Crippen LogP contribution in [0, 0.1) is 0 Å². The van der Waals surface area contributed by atoms with Gasteiger partial charge in [0.1, 0.15) is 0 Å². The topological polar surface area (TPSA) is 110 Å². The SMILES string of the molecule is NCc1cn[nH]c1S(=O)(=O)NCCC1CCCO1. The van der Waals surface area contributed by atoms with Gasteiger partial charge in [-0.1, -0.05) is 0 Å². The van der Waals surface area contributed by atoms with Gasteiger partial charge in [0.2, 0.25) is 0 Å². The molecule has 8 heteroatoms. The highest BCUT2D eigenvalue weighted by molar-refractivity contribution is 7.89. The predicted octanol–water partition coefficient (Wildman–Crippen LogP) is -0.284. The van der Waals surface area contributed by atoms with Crippen molar-refractivity contribution in [3.05, 3.63) is 11.8 Å². The van der Waals surface area contributed by atoms with E-state index in [1.165, 1.54) is 6.20 Å². The van der Waals surface area contributed by atoms with Crippen LogP contribution in [0.25, 0.3) is 0 Å². The van der Waals surface area contributed by atoms with Gasteiger partial charge in [-0.25, -0.2) is 13.1 Å². The van der Waals surface area contributed by atoms with Crippen molar-refractivity contribution in [2.75, 3.05) is 13.2 Å². The third-order valence-corrected chi connectivity index (χ3v) is 4.42. The Morgan fingerprint density at radius 1 is 1.61 bits per heavy atom. The number of aromatic amines is 1. The van der Waals surface area contributed by atoms with Gasteiger partial charge >= 0.3 is 0 Å². The van der Waals surface area contributed by atoms with Crippen molar-refractivity contribution >= 4 is 10.0 Å². The second-order valence-electron chi connectivity index (χ2n) is 4.25. The predicted molar refractivity (Wildman–Crippen MR) is 65.3 cm³/mol. The molecule has 0 aromatic carbocycles. The molecule has 1 fully saturated rings. The molecule has 1 aromatic heterocycles. The Bertz CT molecular complexity index is 479. The van der Waals surface area contributed by atoms with Gasteiger partial charge in [0.25, 0.3) is 10.0 Å². The van der Waals surface area contributed by atoms with Crippen molar-refractivity contribution in [3.63, 3.8) is 0 Å². The Morgan fingerprint density at radius 2 is 2.44 bits per heavy atom. The van der Waals surface area contributed by atoms with E-state index >= 15 is 0 Å². The van der Waals surface area contributed by atoms with Gasteiger partial charge in [-0.3, -0.25) is 5.10 Å². The minimum atomic E-state index is -3.56. The van der Waals surface area contributed by atoms with E-state index < -0.39 is 10.0 Å². The molecule has 0 aliphatic carbocycles. The Balaban J connectivity index is 1.91. The normalized spacial score (nSPS) is 20.4. The van der Waals surface area contributed by atoms with Crippen molar-refractivity contribution in [1.82, 2.24) is 14.9 Å². The first kappa shape index (κ1) is 13.5. The van der Waals surface area contributed by atoms with Crippen LogP contribution in [0.4, 0.5) is 0 Å². The fraction of sp³-hybridized carbons (Fsp3) is 0.700. The van der Waals surface area contributed by atoms with Crippen molar-refractivity contribution in [1.29, 1.82) is 0 Å². The van der Waals surface area contributed by atoms with Crippen LogP contribution in [-0.2, 0) is 21.3 Å². The third-order valence-electron chi connectivity index (χ3n) is 2.95. The zero-order valence-electron chi connectivity index (χ0n) is 10.1. The van der Waals surface area contributed by atoms with Crippen LogP contribution in [0.15, 0.2) is 11.2 Å². The second-order valence-corrected chi connectivity index (χ2v) is 5.95. The summed E-state index contributed by atoms with van der Waals surface area (Å²) < 4.78 is 31.9. The van der Waals surface area contributed by atoms with Crippen LogP contribution < -0.4 is 10.5 Å². The number of nitrogens with zero attached hydrogens (tertiary/aromatic N) is 1. The van der Waals surface area contributed by atoms with Crippen LogP contribution >= 0.6 is 0 Å². The first-order valence-corrected chi connectivity index (χ1v) is 7.45. The molecule has 1 aliphatic heterocycles. The first-order chi connectivity index (χ1) is 8.63. The van der Waals surface area contributed by atoms with Gasteiger partial charge in [-0.05, 0) is 19.3 Å². The molecule has 0 saturated carbocycles. The number of nitrogens with two attached hydrogens (primary N) is 1. The van der Waals surface area contributed by atoms with E-state index in [0.29, 0.717) is 18.5 Å². The molecule has 102 valence electrons. The molecule has 4 N–H and O–H groups in total. The fourth-order valence-electron chi connectivity index (χ4n) is 1.98. The zero-order valence-corrected chi connectivity index (χ0v) is 10.9. The average Bonchev–Trinajstić information content (AvgIpc) is 2.99. The summed E-state index contributed by atoms with van der Waals surface area (Å²) in [6.45, 7) is 1.27. The molecule has 0 bridgehead atoms. The first-order valence-electron chi connectivity index (χ1n) is 5.97. The molecular formula is C10H18N4O3S. The highest BCUT2D eigenvalue weighted by Gasteiger charge is 2.21. The zero-order chi connectivity index (χ0) is 13.0. The molecular weight excluding hydrogens is 256 g/mol. The van der Waals surface area contributed by atoms with E-state index in [0.717, 1.165) is 19.4 Å². The second kappa shape index (κ2) is 5.79. The van der Waals surface area contributed by atoms with Gasteiger partial charge in [0.05, 0.1) is 12.3 Å². The summed E-state index contributed by atoms with van der Waals surface area (Å²) in [4.78, 5) is 0. The molecule has 1 saturated heterocycles. The number of nitrogens with one attached hydrogen (secondary N) is 2. The van der Waals surface area contributed by atoms with Crippen molar-refractivity contribution < 1.29 is 13.2 Å². The summed E-state index contributed by atoms with van der Waals surface area (Å²) in [5.41, 5.74) is 5.93. The summed E-state index contributed by atoms with van der Waals surface area (Å²) in [6.07, 6.45) is 4.33. The van der Waals surface area contributed by atoms with Gasteiger partial charge in [-0.2, -0.15) is 5.10 Å². The number of H-pyrrole nitrogens is 1. The van der Waals surface area contributed by atoms with E-state index in [-0.39, 0.29) is 17.7 Å². The monoisotopic (exact) mass is 274 g/mol. The van der Waals surface area contributed by atoms with Crippen LogP contribution in [0.3, 0.4) is 0 Å². The Labute approximate surface area is 106 Å². The highest BCUT2D eigenvalue weighted by Crippen LogP contribution is 2.15. The molecule has 2 heterocycles. The smallest absolute Gasteiger partial charge is 0.257 e. The van der Waals surface area contributed by atoms with Gasteiger partial charge < -0.3 is 10.5 Å². The van der Waals surface area contributed by atoms with E-state index in [4.69, 9.17) is 10.5 Å². The molecule has 0 amide bonds. The van der Waals surface area contributed by atoms with Crippen molar-refractivity contribution in [2.45, 2.75) is 36.9 Å². The van der Waals surface area contributed by atoms with Crippen LogP contribution in [0.2, 0.25) is 0 Å². The van der Waals surface area contributed by atoms with E-state index in [2.05, 4.69) is 14.9 Å². The highest BCUT2D eigenvalue weighted by atomic mass is 32.2. The maximum absolute atomic E-state index is 12.0. The van der Waals surface area contributed by atoms with Crippen LogP contribution in [0.1, 0.15) is 24.8 Å². The standard InChI is InChI=1S/C10H18N4O3S/c11-6-8-7-12-14-10(8)18(15,16)13-4-3-9-2-1-5-17-9/h7,9,13H,1-6,11H2,(H,12,14). The number of hydrogen-bond acceptors (Lipinski definition) is 5. The van der Waals surface area contributed by atoms with Gasteiger partial charge in [-0.15, -0.1) is 0 Å². The summed E-state index contributed by atoms with van der Waals surface area (Å²) in [6, 6.07) is 0. The van der Waals surface area contributed by atoms with Crippen molar-refractivity contribution in [3.8, 4) is 0 Å². The quantitative estimate of drug-likeness (QED) is 0.660. The van der Waals surface area contributed by atoms with E-state index in [9.17, 15) is 8.42 Å². The fourth-order valence-corrected chi connectivity index (χ4v) is 3.16. The summed E-state index contributed by atoms with van der Waals surface area (Å²) >= 11 is 0. The lowest BCUT2D eigenvalue weighted by Gasteiger charge is -2.10. The lowest BCUT2D eigenvalue weighted by atomic mass is 10.2. The van der Waals surface area contributed by atoms with E-state index in [1.54, 1.807) is 0 Å². The lowest BCUT2D eigenvalue weighted by molar-refractivity contribution is 0.105. The maximum atomic E-state index is 12.0. The number of aromatic nitrogens is 2. The Kier molecular flexibility index (Phi) is 4.33. The Hall–Kier alpha value is -0.960. The van der Waals surface area contributed by atoms with E-state index in [1.807, 2.05) is 0 Å². The largest absolute Gasteiger partial charge is 0.378 e. The minimum Gasteiger partial charge on any atom is -0.378 e. The number of hydrogen-bond donors (Lipinski definition) is 3. The summed E-state index contributed by atoms with van der Waals surface area (Å²) in [7, 11) is -3.56. The molecule has 0 radical (unpaired) electrons. The number of sulfonamides is 1. The van der Waals surface area contributed by atoms with Gasteiger partial charge in [0.15, 0.2) is 5.03 Å². The van der Waals surface area contributed by atoms with Crippen LogP contribution in [0.5, 0.6) is 0 Å². The van der Waals surface area contributed by atoms with Gasteiger partial charge in [0, 0.05) is 25.3 Å². The molecule has 18 heavy (non-hydrogen) atoms. The molecule has 2 rings (SSSR count). The average molecular weight is 274 g/mol. The third kappa shape index (κ3) is 3.08. The Morgan fingerprint density at radius 3 is 3.11 bits per heavy atom.